The first-order chi connectivity index (χ1) is 7.06. The van der Waals surface area contributed by atoms with E-state index in [0.29, 0.717) is 0 Å². The average molecular weight is 210 g/mol. The van der Waals surface area contributed by atoms with Crippen molar-refractivity contribution < 1.29 is 14.3 Å². The molecule has 0 radical (unpaired) electrons. The molecule has 0 saturated heterocycles. The minimum absolute atomic E-state index is 0.0527. The van der Waals surface area contributed by atoms with Crippen LogP contribution in [0.15, 0.2) is 24.3 Å². The standard InChI is InChI=1S/C12H15FO2/c1-3-11(8(2)12(14)15)9-4-6-10(13)7-5-9/h4-8,11H,3H2,1-2H3,(H,14,15). The smallest absolute Gasteiger partial charge is 0.306 e. The highest BCUT2D eigenvalue weighted by molar-refractivity contribution is 5.70. The second-order valence-corrected chi connectivity index (χ2v) is 3.69. The maximum Gasteiger partial charge on any atom is 0.306 e. The van der Waals surface area contributed by atoms with Crippen molar-refractivity contribution in [2.75, 3.05) is 0 Å². The summed E-state index contributed by atoms with van der Waals surface area (Å²) < 4.78 is 12.7. The Hall–Kier alpha value is -1.38. The molecule has 0 heterocycles. The van der Waals surface area contributed by atoms with Gasteiger partial charge >= 0.3 is 5.97 Å². The van der Waals surface area contributed by atoms with Crippen LogP contribution >= 0.6 is 0 Å². The Morgan fingerprint density at radius 3 is 2.33 bits per heavy atom. The van der Waals surface area contributed by atoms with Gasteiger partial charge in [0, 0.05) is 0 Å². The van der Waals surface area contributed by atoms with Crippen LogP contribution in [-0.2, 0) is 4.79 Å². The molecule has 0 amide bonds. The molecule has 1 rings (SSSR count). The molecule has 0 saturated carbocycles. The topological polar surface area (TPSA) is 37.3 Å². The lowest BCUT2D eigenvalue weighted by Gasteiger charge is -2.19. The van der Waals surface area contributed by atoms with Crippen molar-refractivity contribution in [3.63, 3.8) is 0 Å². The molecule has 0 spiro atoms. The molecule has 3 heteroatoms. The Bertz CT molecular complexity index is 332. The fourth-order valence-electron chi connectivity index (χ4n) is 1.76. The zero-order valence-corrected chi connectivity index (χ0v) is 8.90. The molecule has 82 valence electrons. The summed E-state index contributed by atoms with van der Waals surface area (Å²) in [5, 5.41) is 8.93. The summed E-state index contributed by atoms with van der Waals surface area (Å²) in [7, 11) is 0. The molecule has 0 aliphatic carbocycles. The second kappa shape index (κ2) is 4.91. The van der Waals surface area contributed by atoms with Crippen molar-refractivity contribution in [3.8, 4) is 0 Å². The van der Waals surface area contributed by atoms with Crippen molar-refractivity contribution in [2.24, 2.45) is 5.92 Å². The fourth-order valence-corrected chi connectivity index (χ4v) is 1.76. The lowest BCUT2D eigenvalue weighted by atomic mass is 9.85. The Morgan fingerprint density at radius 1 is 1.40 bits per heavy atom. The van der Waals surface area contributed by atoms with Crippen LogP contribution in [0, 0.1) is 11.7 Å². The zero-order valence-electron chi connectivity index (χ0n) is 8.90. The zero-order chi connectivity index (χ0) is 11.4. The van der Waals surface area contributed by atoms with Crippen LogP contribution in [0.3, 0.4) is 0 Å². The first kappa shape index (κ1) is 11.7. The summed E-state index contributed by atoms with van der Waals surface area (Å²) in [6.07, 6.45) is 0.735. The molecule has 0 aliphatic heterocycles. The number of carbonyl (C=O) groups is 1. The Labute approximate surface area is 88.7 Å². The van der Waals surface area contributed by atoms with Gasteiger partial charge in [0.25, 0.3) is 0 Å². The van der Waals surface area contributed by atoms with Crippen molar-refractivity contribution in [2.45, 2.75) is 26.2 Å². The van der Waals surface area contributed by atoms with Crippen LogP contribution in [-0.4, -0.2) is 11.1 Å². The van der Waals surface area contributed by atoms with Crippen molar-refractivity contribution >= 4 is 5.97 Å². The minimum Gasteiger partial charge on any atom is -0.481 e. The normalized spacial score (nSPS) is 14.6. The molecule has 0 aromatic heterocycles. The third-order valence-electron chi connectivity index (χ3n) is 2.73. The number of carboxylic acid groups (broad SMARTS) is 1. The van der Waals surface area contributed by atoms with Gasteiger partial charge in [0.1, 0.15) is 5.82 Å². The van der Waals surface area contributed by atoms with Crippen LogP contribution in [0.4, 0.5) is 4.39 Å². The Morgan fingerprint density at radius 2 is 1.93 bits per heavy atom. The maximum absolute atomic E-state index is 12.7. The number of benzene rings is 1. The van der Waals surface area contributed by atoms with E-state index in [1.165, 1.54) is 12.1 Å². The van der Waals surface area contributed by atoms with Gasteiger partial charge < -0.3 is 5.11 Å². The Kier molecular flexibility index (Phi) is 3.83. The van der Waals surface area contributed by atoms with Crippen molar-refractivity contribution in [3.05, 3.63) is 35.6 Å². The number of aliphatic carboxylic acids is 1. The van der Waals surface area contributed by atoms with Gasteiger partial charge in [-0.15, -0.1) is 0 Å². The van der Waals surface area contributed by atoms with Crippen LogP contribution in [0.25, 0.3) is 0 Å². The van der Waals surface area contributed by atoms with E-state index < -0.39 is 11.9 Å². The summed E-state index contributed by atoms with van der Waals surface area (Å²) in [6, 6.07) is 6.05. The molecule has 15 heavy (non-hydrogen) atoms. The first-order valence-electron chi connectivity index (χ1n) is 5.04. The average Bonchev–Trinajstić information content (AvgIpc) is 2.21. The highest BCUT2D eigenvalue weighted by Crippen LogP contribution is 2.28. The molecule has 1 N–H and O–H groups in total. The van der Waals surface area contributed by atoms with Gasteiger partial charge in [0.2, 0.25) is 0 Å². The van der Waals surface area contributed by atoms with Crippen LogP contribution in [0.2, 0.25) is 0 Å². The molecule has 2 atom stereocenters. The van der Waals surface area contributed by atoms with E-state index >= 15 is 0 Å². The molecule has 0 aliphatic rings. The van der Waals surface area contributed by atoms with Crippen LogP contribution < -0.4 is 0 Å². The number of rotatable bonds is 4. The molecule has 1 aromatic carbocycles. The molecule has 0 bridgehead atoms. The SMILES string of the molecule is CCC(c1ccc(F)cc1)C(C)C(=O)O. The van der Waals surface area contributed by atoms with Crippen LogP contribution in [0.1, 0.15) is 31.7 Å². The van der Waals surface area contributed by atoms with Crippen molar-refractivity contribution in [1.29, 1.82) is 0 Å². The van der Waals surface area contributed by atoms with Gasteiger partial charge in [-0.1, -0.05) is 26.0 Å². The van der Waals surface area contributed by atoms with E-state index in [0.717, 1.165) is 12.0 Å². The molecule has 1 aromatic rings. The molecule has 2 unspecified atom stereocenters. The van der Waals surface area contributed by atoms with Gasteiger partial charge in [-0.25, -0.2) is 4.39 Å². The summed E-state index contributed by atoms with van der Waals surface area (Å²) in [5.74, 6) is -1.61. The van der Waals surface area contributed by atoms with E-state index in [2.05, 4.69) is 0 Å². The van der Waals surface area contributed by atoms with Crippen molar-refractivity contribution in [1.82, 2.24) is 0 Å². The van der Waals surface area contributed by atoms with Gasteiger partial charge in [-0.05, 0) is 30.0 Å². The number of hydrogen-bond acceptors (Lipinski definition) is 1. The quantitative estimate of drug-likeness (QED) is 0.829. The van der Waals surface area contributed by atoms with E-state index in [1.54, 1.807) is 19.1 Å². The predicted octanol–water partition coefficient (Wildman–Crippen LogP) is 3.04. The maximum atomic E-state index is 12.7. The second-order valence-electron chi connectivity index (χ2n) is 3.69. The minimum atomic E-state index is -0.814. The number of carboxylic acids is 1. The molecular weight excluding hydrogens is 195 g/mol. The monoisotopic (exact) mass is 210 g/mol. The number of hydrogen-bond donors (Lipinski definition) is 1. The fraction of sp³-hybridized carbons (Fsp3) is 0.417. The summed E-state index contributed by atoms with van der Waals surface area (Å²) in [5.41, 5.74) is 0.883. The predicted molar refractivity (Wildman–Crippen MR) is 56.2 cm³/mol. The van der Waals surface area contributed by atoms with E-state index in [9.17, 15) is 9.18 Å². The summed E-state index contributed by atoms with van der Waals surface area (Å²) >= 11 is 0. The van der Waals surface area contributed by atoms with E-state index in [1.807, 2.05) is 6.92 Å². The van der Waals surface area contributed by atoms with Gasteiger partial charge in [-0.2, -0.15) is 0 Å². The molecule has 2 nitrogen and oxygen atoms in total. The van der Waals surface area contributed by atoms with E-state index in [-0.39, 0.29) is 11.7 Å². The summed E-state index contributed by atoms with van der Waals surface area (Å²) in [4.78, 5) is 10.9. The first-order valence-corrected chi connectivity index (χ1v) is 5.04. The van der Waals surface area contributed by atoms with Crippen LogP contribution in [0.5, 0.6) is 0 Å². The summed E-state index contributed by atoms with van der Waals surface area (Å²) in [6.45, 7) is 3.62. The van der Waals surface area contributed by atoms with Gasteiger partial charge in [0.15, 0.2) is 0 Å². The van der Waals surface area contributed by atoms with E-state index in [4.69, 9.17) is 5.11 Å². The lowest BCUT2D eigenvalue weighted by Crippen LogP contribution is -2.18. The van der Waals surface area contributed by atoms with Gasteiger partial charge in [0.05, 0.1) is 5.92 Å². The number of halogens is 1. The highest BCUT2D eigenvalue weighted by Gasteiger charge is 2.23. The highest BCUT2D eigenvalue weighted by atomic mass is 19.1. The van der Waals surface area contributed by atoms with Gasteiger partial charge in [-0.3, -0.25) is 4.79 Å². The largest absolute Gasteiger partial charge is 0.481 e. The molecule has 0 fully saturated rings. The molecular formula is C12H15FO2. The lowest BCUT2D eigenvalue weighted by molar-refractivity contribution is -0.141. The third-order valence-corrected chi connectivity index (χ3v) is 2.73. The third kappa shape index (κ3) is 2.78. The Balaban J connectivity index is 2.92.